The van der Waals surface area contributed by atoms with Gasteiger partial charge in [0.1, 0.15) is 0 Å². The monoisotopic (exact) mass is 147 g/mol. The molecule has 0 radical (unpaired) electrons. The Morgan fingerprint density at radius 2 is 2.00 bits per heavy atom. The van der Waals surface area contributed by atoms with Crippen LogP contribution in [0.15, 0.2) is 24.3 Å². The lowest BCUT2D eigenvalue weighted by atomic mass is 10.2. The number of anilines is 1. The second-order valence-corrected chi connectivity index (χ2v) is 3.23. The fraction of sp³-hybridized carbons (Fsp3) is 0.400. The predicted molar refractivity (Wildman–Crippen MR) is 47.8 cm³/mol. The van der Waals surface area contributed by atoms with Gasteiger partial charge in [0.15, 0.2) is 0 Å². The highest BCUT2D eigenvalue weighted by molar-refractivity contribution is 5.51. The highest BCUT2D eigenvalue weighted by Gasteiger charge is 2.20. The van der Waals surface area contributed by atoms with E-state index in [1.807, 2.05) is 0 Å². The van der Waals surface area contributed by atoms with Crippen molar-refractivity contribution in [1.29, 1.82) is 0 Å². The van der Waals surface area contributed by atoms with Crippen molar-refractivity contribution in [3.63, 3.8) is 0 Å². The van der Waals surface area contributed by atoms with E-state index in [0.29, 0.717) is 0 Å². The summed E-state index contributed by atoms with van der Waals surface area (Å²) in [5.41, 5.74) is 2.65. The Bertz CT molecular complexity index is 251. The van der Waals surface area contributed by atoms with Crippen LogP contribution >= 0.6 is 0 Å². The van der Waals surface area contributed by atoms with Crippen LogP contribution in [0.2, 0.25) is 0 Å². The summed E-state index contributed by atoms with van der Waals surface area (Å²) in [4.78, 5) is 0. The van der Waals surface area contributed by atoms with Crippen molar-refractivity contribution in [1.82, 2.24) is 0 Å². The van der Waals surface area contributed by atoms with Gasteiger partial charge in [0.25, 0.3) is 0 Å². The molecule has 58 valence electrons. The predicted octanol–water partition coefficient (Wildman–Crippen LogP) is 2.57. The molecule has 11 heavy (non-hydrogen) atoms. The van der Waals surface area contributed by atoms with Crippen molar-refractivity contribution >= 4 is 5.69 Å². The first kappa shape index (κ1) is 6.71. The molecule has 0 atom stereocenters. The molecule has 0 spiro atoms. The first-order valence-electron chi connectivity index (χ1n) is 4.18. The molecule has 2 rings (SSSR count). The van der Waals surface area contributed by atoms with E-state index >= 15 is 0 Å². The zero-order valence-corrected chi connectivity index (χ0v) is 6.80. The number of aryl methyl sites for hydroxylation is 1. The van der Waals surface area contributed by atoms with Crippen molar-refractivity contribution in [2.75, 3.05) is 5.32 Å². The second-order valence-electron chi connectivity index (χ2n) is 3.23. The van der Waals surface area contributed by atoms with Gasteiger partial charge in [0.05, 0.1) is 0 Å². The summed E-state index contributed by atoms with van der Waals surface area (Å²) in [5, 5.41) is 3.48. The van der Waals surface area contributed by atoms with E-state index in [1.165, 1.54) is 24.1 Å². The van der Waals surface area contributed by atoms with Crippen LogP contribution in [0.5, 0.6) is 0 Å². The molecule has 0 aromatic heterocycles. The molecule has 0 aliphatic heterocycles. The van der Waals surface area contributed by atoms with Crippen LogP contribution in [0.4, 0.5) is 5.69 Å². The van der Waals surface area contributed by atoms with Crippen molar-refractivity contribution in [3.05, 3.63) is 29.8 Å². The topological polar surface area (TPSA) is 12.0 Å². The zero-order valence-electron chi connectivity index (χ0n) is 6.80. The van der Waals surface area contributed by atoms with E-state index in [-0.39, 0.29) is 0 Å². The van der Waals surface area contributed by atoms with Gasteiger partial charge in [-0.25, -0.2) is 0 Å². The van der Waals surface area contributed by atoms with Crippen LogP contribution in [-0.2, 0) is 0 Å². The van der Waals surface area contributed by atoms with Gasteiger partial charge < -0.3 is 5.32 Å². The first-order chi connectivity index (χ1) is 5.36. The van der Waals surface area contributed by atoms with E-state index in [2.05, 4.69) is 36.5 Å². The van der Waals surface area contributed by atoms with Crippen molar-refractivity contribution in [2.45, 2.75) is 25.8 Å². The molecule has 0 saturated heterocycles. The smallest absolute Gasteiger partial charge is 0.0372 e. The Balaban J connectivity index is 2.15. The lowest BCUT2D eigenvalue weighted by Gasteiger charge is -2.06. The maximum atomic E-state index is 3.48. The third-order valence-electron chi connectivity index (χ3n) is 2.08. The van der Waals surface area contributed by atoms with E-state index in [9.17, 15) is 0 Å². The van der Waals surface area contributed by atoms with Crippen LogP contribution in [0, 0.1) is 6.92 Å². The minimum Gasteiger partial charge on any atom is -0.382 e. The quantitative estimate of drug-likeness (QED) is 0.678. The number of rotatable bonds is 2. The molecular weight excluding hydrogens is 134 g/mol. The molecule has 1 N–H and O–H groups in total. The molecule has 1 heteroatoms. The highest BCUT2D eigenvalue weighted by Crippen LogP contribution is 2.25. The number of hydrogen-bond acceptors (Lipinski definition) is 1. The maximum absolute atomic E-state index is 3.48. The Kier molecular flexibility index (Phi) is 1.57. The van der Waals surface area contributed by atoms with E-state index in [1.54, 1.807) is 0 Å². The molecule has 1 aromatic carbocycles. The average molecular weight is 147 g/mol. The van der Waals surface area contributed by atoms with E-state index in [0.717, 1.165) is 6.04 Å². The molecule has 0 heterocycles. The average Bonchev–Trinajstić information content (AvgIpc) is 2.78. The van der Waals surface area contributed by atoms with Gasteiger partial charge in [-0.3, -0.25) is 0 Å². The Hall–Kier alpha value is -0.980. The Morgan fingerprint density at radius 1 is 1.27 bits per heavy atom. The molecule has 0 unspecified atom stereocenters. The van der Waals surface area contributed by atoms with Crippen LogP contribution in [0.1, 0.15) is 18.4 Å². The number of benzene rings is 1. The summed E-state index contributed by atoms with van der Waals surface area (Å²) in [6.07, 6.45) is 2.68. The molecule has 1 fully saturated rings. The molecular formula is C10H13N. The van der Waals surface area contributed by atoms with Gasteiger partial charge in [0, 0.05) is 11.7 Å². The van der Waals surface area contributed by atoms with Crippen molar-refractivity contribution < 1.29 is 0 Å². The summed E-state index contributed by atoms with van der Waals surface area (Å²) >= 11 is 0. The number of hydrogen-bond donors (Lipinski definition) is 1. The van der Waals surface area contributed by atoms with Gasteiger partial charge in [-0.1, -0.05) is 18.2 Å². The molecule has 0 bridgehead atoms. The molecule has 1 aliphatic rings. The molecule has 0 amide bonds. The minimum absolute atomic E-state index is 0.760. The third-order valence-corrected chi connectivity index (χ3v) is 2.08. The zero-order chi connectivity index (χ0) is 7.68. The van der Waals surface area contributed by atoms with Crippen LogP contribution in [0.3, 0.4) is 0 Å². The summed E-state index contributed by atoms with van der Waals surface area (Å²) < 4.78 is 0. The normalized spacial score (nSPS) is 16.5. The summed E-state index contributed by atoms with van der Waals surface area (Å²) in [6, 6.07) is 9.21. The van der Waals surface area contributed by atoms with E-state index in [4.69, 9.17) is 0 Å². The van der Waals surface area contributed by atoms with E-state index < -0.39 is 0 Å². The third kappa shape index (κ3) is 1.53. The maximum Gasteiger partial charge on any atom is 0.0372 e. The molecule has 1 saturated carbocycles. The Labute approximate surface area is 67.4 Å². The fourth-order valence-corrected chi connectivity index (χ4v) is 1.18. The lowest BCUT2D eigenvalue weighted by Crippen LogP contribution is -2.01. The minimum atomic E-state index is 0.760. The molecule has 1 aliphatic carbocycles. The summed E-state index contributed by atoms with van der Waals surface area (Å²) in [6.45, 7) is 2.14. The van der Waals surface area contributed by atoms with Crippen molar-refractivity contribution in [3.8, 4) is 0 Å². The van der Waals surface area contributed by atoms with Gasteiger partial charge in [-0.2, -0.15) is 0 Å². The van der Waals surface area contributed by atoms with Crippen LogP contribution in [0.25, 0.3) is 0 Å². The lowest BCUT2D eigenvalue weighted by molar-refractivity contribution is 1.15. The van der Waals surface area contributed by atoms with Crippen LogP contribution in [-0.4, -0.2) is 6.04 Å². The van der Waals surface area contributed by atoms with Gasteiger partial charge >= 0.3 is 0 Å². The van der Waals surface area contributed by atoms with Gasteiger partial charge in [0.2, 0.25) is 0 Å². The standard InChI is InChI=1S/C10H13N/c1-8-4-2-3-5-10(8)11-9-6-7-9/h2-5,9,11H,6-7H2,1H3. The first-order valence-corrected chi connectivity index (χ1v) is 4.18. The van der Waals surface area contributed by atoms with Gasteiger partial charge in [-0.05, 0) is 31.4 Å². The van der Waals surface area contributed by atoms with Gasteiger partial charge in [-0.15, -0.1) is 0 Å². The molecule has 1 aromatic rings. The summed E-state index contributed by atoms with van der Waals surface area (Å²) in [7, 11) is 0. The van der Waals surface area contributed by atoms with Crippen molar-refractivity contribution in [2.24, 2.45) is 0 Å². The fourth-order valence-electron chi connectivity index (χ4n) is 1.18. The molecule has 1 nitrogen and oxygen atoms in total. The largest absolute Gasteiger partial charge is 0.382 e. The highest BCUT2D eigenvalue weighted by atomic mass is 15.0. The summed E-state index contributed by atoms with van der Waals surface area (Å²) in [5.74, 6) is 0. The number of nitrogens with one attached hydrogen (secondary N) is 1. The Morgan fingerprint density at radius 3 is 2.64 bits per heavy atom. The van der Waals surface area contributed by atoms with Crippen LogP contribution < -0.4 is 5.32 Å². The SMILES string of the molecule is Cc1ccccc1NC1CC1. The number of para-hydroxylation sites is 1. The second kappa shape index (κ2) is 2.57.